The maximum absolute atomic E-state index is 2.58. The van der Waals surface area contributed by atoms with Gasteiger partial charge in [0.25, 0.3) is 0 Å². The molecule has 0 bridgehead atoms. The number of benzene rings is 2. The molecule has 2 aliphatic rings. The Morgan fingerprint density at radius 2 is 1.04 bits per heavy atom. The quantitative estimate of drug-likeness (QED) is 0.460. The van der Waals surface area contributed by atoms with Crippen molar-refractivity contribution in [1.29, 1.82) is 0 Å². The molecular weight excluding hydrogens is 336 g/mol. The van der Waals surface area contributed by atoms with Crippen molar-refractivity contribution in [3.05, 3.63) is 82.9 Å². The Hall–Kier alpha value is -2.08. The van der Waals surface area contributed by atoms with E-state index in [-0.39, 0.29) is 0 Å². The van der Waals surface area contributed by atoms with Crippen LogP contribution in [-0.2, 0) is 0 Å². The number of allylic oxidation sites excluding steroid dienone is 4. The SMILES string of the molecule is CCC(C)C1=CC(CCC2C=C(C(C)CC)c3ccccc32)c2ccccc21. The molecule has 0 spiro atoms. The lowest BCUT2D eigenvalue weighted by molar-refractivity contribution is 0.639. The lowest BCUT2D eigenvalue weighted by atomic mass is 9.89. The highest BCUT2D eigenvalue weighted by Gasteiger charge is 2.29. The molecule has 4 unspecified atom stereocenters. The zero-order chi connectivity index (χ0) is 19.7. The van der Waals surface area contributed by atoms with E-state index in [1.165, 1.54) is 36.8 Å². The van der Waals surface area contributed by atoms with Gasteiger partial charge >= 0.3 is 0 Å². The van der Waals surface area contributed by atoms with Crippen LogP contribution in [0.4, 0.5) is 0 Å². The molecule has 28 heavy (non-hydrogen) atoms. The fourth-order valence-corrected chi connectivity index (χ4v) is 5.10. The molecule has 0 saturated carbocycles. The second kappa shape index (κ2) is 8.11. The molecule has 146 valence electrons. The van der Waals surface area contributed by atoms with E-state index < -0.39 is 0 Å². The maximum Gasteiger partial charge on any atom is 0.00304 e. The Bertz CT molecular complexity index is 822. The Morgan fingerprint density at radius 1 is 0.643 bits per heavy atom. The van der Waals surface area contributed by atoms with Gasteiger partial charge < -0.3 is 0 Å². The summed E-state index contributed by atoms with van der Waals surface area (Å²) in [6, 6.07) is 18.2. The van der Waals surface area contributed by atoms with E-state index in [2.05, 4.69) is 88.4 Å². The molecule has 2 aliphatic carbocycles. The minimum atomic E-state index is 0.577. The minimum absolute atomic E-state index is 0.577. The molecule has 0 amide bonds. The average molecular weight is 371 g/mol. The van der Waals surface area contributed by atoms with Crippen LogP contribution in [-0.4, -0.2) is 0 Å². The number of hydrogen-bond acceptors (Lipinski definition) is 0. The third-order valence-corrected chi connectivity index (χ3v) is 7.18. The van der Waals surface area contributed by atoms with Crippen molar-refractivity contribution in [3.63, 3.8) is 0 Å². The molecule has 4 atom stereocenters. The molecule has 2 aromatic carbocycles. The topological polar surface area (TPSA) is 0 Å². The van der Waals surface area contributed by atoms with Crippen molar-refractivity contribution in [2.45, 2.75) is 65.2 Å². The van der Waals surface area contributed by atoms with E-state index in [9.17, 15) is 0 Å². The fourth-order valence-electron chi connectivity index (χ4n) is 5.10. The molecule has 0 aliphatic heterocycles. The van der Waals surface area contributed by atoms with Crippen molar-refractivity contribution in [1.82, 2.24) is 0 Å². The van der Waals surface area contributed by atoms with E-state index in [0.29, 0.717) is 23.7 Å². The van der Waals surface area contributed by atoms with E-state index in [4.69, 9.17) is 0 Å². The third kappa shape index (κ3) is 3.39. The normalized spacial score (nSPS) is 22.3. The van der Waals surface area contributed by atoms with Gasteiger partial charge in [0, 0.05) is 11.8 Å². The van der Waals surface area contributed by atoms with Crippen LogP contribution < -0.4 is 0 Å². The number of fused-ring (bicyclic) bond motifs is 2. The van der Waals surface area contributed by atoms with Crippen LogP contribution in [0.15, 0.2) is 60.7 Å². The highest BCUT2D eigenvalue weighted by atomic mass is 14.3. The summed E-state index contributed by atoms with van der Waals surface area (Å²) in [6.07, 6.45) is 10.1. The van der Waals surface area contributed by atoms with Gasteiger partial charge in [-0.3, -0.25) is 0 Å². The Morgan fingerprint density at radius 3 is 1.43 bits per heavy atom. The maximum atomic E-state index is 2.58. The van der Waals surface area contributed by atoms with Crippen LogP contribution in [0.5, 0.6) is 0 Å². The first-order valence-electron chi connectivity index (χ1n) is 11.3. The number of rotatable bonds is 7. The zero-order valence-corrected chi connectivity index (χ0v) is 17.9. The third-order valence-electron chi connectivity index (χ3n) is 7.18. The van der Waals surface area contributed by atoms with Crippen molar-refractivity contribution in [3.8, 4) is 0 Å². The molecule has 0 radical (unpaired) electrons. The molecule has 0 N–H and O–H groups in total. The summed E-state index contributed by atoms with van der Waals surface area (Å²) in [7, 11) is 0. The van der Waals surface area contributed by atoms with E-state index in [0.717, 1.165) is 0 Å². The van der Waals surface area contributed by atoms with Crippen molar-refractivity contribution in [2.24, 2.45) is 11.8 Å². The Labute approximate surface area is 171 Å². The van der Waals surface area contributed by atoms with Gasteiger partial charge in [0.05, 0.1) is 0 Å². The van der Waals surface area contributed by atoms with Gasteiger partial charge in [-0.2, -0.15) is 0 Å². The smallest absolute Gasteiger partial charge is 0.00304 e. The van der Waals surface area contributed by atoms with Gasteiger partial charge in [-0.15, -0.1) is 0 Å². The first kappa shape index (κ1) is 19.2. The molecule has 0 fully saturated rings. The highest BCUT2D eigenvalue weighted by Crippen LogP contribution is 2.46. The summed E-state index contributed by atoms with van der Waals surface area (Å²) in [5.74, 6) is 2.45. The second-order valence-electron chi connectivity index (χ2n) is 8.83. The van der Waals surface area contributed by atoms with Crippen LogP contribution in [0.3, 0.4) is 0 Å². The van der Waals surface area contributed by atoms with Gasteiger partial charge in [0.15, 0.2) is 0 Å². The molecule has 2 aromatic rings. The summed E-state index contributed by atoms with van der Waals surface area (Å²) in [5, 5.41) is 0. The largest absolute Gasteiger partial charge is 0.0729 e. The van der Waals surface area contributed by atoms with Crippen molar-refractivity contribution in [2.75, 3.05) is 0 Å². The lowest BCUT2D eigenvalue weighted by Gasteiger charge is -2.15. The molecule has 0 nitrogen and oxygen atoms in total. The molecule has 0 heterocycles. The highest BCUT2D eigenvalue weighted by molar-refractivity contribution is 5.77. The Kier molecular flexibility index (Phi) is 5.58. The van der Waals surface area contributed by atoms with Gasteiger partial charge in [-0.05, 0) is 70.9 Å². The van der Waals surface area contributed by atoms with E-state index in [1.807, 2.05) is 0 Å². The molecule has 0 aromatic heterocycles. The summed E-state index contributed by atoms with van der Waals surface area (Å²) < 4.78 is 0. The predicted molar refractivity (Wildman–Crippen MR) is 122 cm³/mol. The minimum Gasteiger partial charge on any atom is -0.0729 e. The first-order valence-corrected chi connectivity index (χ1v) is 11.3. The van der Waals surface area contributed by atoms with Crippen LogP contribution in [0.1, 0.15) is 87.5 Å². The zero-order valence-electron chi connectivity index (χ0n) is 17.9. The van der Waals surface area contributed by atoms with Gasteiger partial charge in [0.2, 0.25) is 0 Å². The first-order chi connectivity index (χ1) is 13.6. The van der Waals surface area contributed by atoms with Crippen LogP contribution >= 0.6 is 0 Å². The van der Waals surface area contributed by atoms with Crippen molar-refractivity contribution < 1.29 is 0 Å². The standard InChI is InChI=1S/C28H34/c1-5-19(3)27-17-21(23-11-7-9-13-25(23)27)15-16-22-18-28(20(4)6-2)26-14-10-8-12-24(22)26/h7-14,17-22H,5-6,15-16H2,1-4H3. The summed E-state index contributed by atoms with van der Waals surface area (Å²) >= 11 is 0. The van der Waals surface area contributed by atoms with Gasteiger partial charge in [0.1, 0.15) is 0 Å². The summed E-state index contributed by atoms with van der Waals surface area (Å²) in [6.45, 7) is 9.36. The van der Waals surface area contributed by atoms with Gasteiger partial charge in [-0.25, -0.2) is 0 Å². The lowest BCUT2D eigenvalue weighted by Crippen LogP contribution is -1.99. The van der Waals surface area contributed by atoms with E-state index >= 15 is 0 Å². The molecule has 0 heteroatoms. The van der Waals surface area contributed by atoms with Crippen LogP contribution in [0, 0.1) is 11.8 Å². The summed E-state index contributed by atoms with van der Waals surface area (Å²) in [4.78, 5) is 0. The fraction of sp³-hybridized carbons (Fsp3) is 0.429. The molecule has 0 saturated heterocycles. The van der Waals surface area contributed by atoms with Gasteiger partial charge in [-0.1, -0.05) is 88.4 Å². The number of hydrogen-bond donors (Lipinski definition) is 0. The second-order valence-corrected chi connectivity index (χ2v) is 8.83. The van der Waals surface area contributed by atoms with Crippen molar-refractivity contribution >= 4 is 11.1 Å². The Balaban J connectivity index is 1.57. The summed E-state index contributed by atoms with van der Waals surface area (Å²) in [5.41, 5.74) is 9.26. The molecular formula is C28H34. The average Bonchev–Trinajstić information content (AvgIpc) is 3.30. The van der Waals surface area contributed by atoms with Crippen LogP contribution in [0.25, 0.3) is 11.1 Å². The molecule has 4 rings (SSSR count). The van der Waals surface area contributed by atoms with E-state index in [1.54, 1.807) is 22.3 Å². The van der Waals surface area contributed by atoms with Crippen LogP contribution in [0.2, 0.25) is 0 Å². The predicted octanol–water partition coefficient (Wildman–Crippen LogP) is 8.22. The monoisotopic (exact) mass is 370 g/mol.